The van der Waals surface area contributed by atoms with Gasteiger partial charge >= 0.3 is 6.18 Å². The van der Waals surface area contributed by atoms with Crippen LogP contribution in [-0.2, 0) is 13.2 Å². The van der Waals surface area contributed by atoms with Crippen LogP contribution in [0.15, 0.2) is 42.7 Å². The van der Waals surface area contributed by atoms with E-state index in [-0.39, 0.29) is 11.4 Å². The number of anilines is 1. The summed E-state index contributed by atoms with van der Waals surface area (Å²) in [4.78, 5) is 15.3. The molecule has 0 fully saturated rings. The lowest BCUT2D eigenvalue weighted by Crippen LogP contribution is -2.16. The number of aromatic nitrogens is 3. The van der Waals surface area contributed by atoms with E-state index in [1.165, 1.54) is 31.3 Å². The molecule has 0 aliphatic rings. The zero-order valence-corrected chi connectivity index (χ0v) is 13.7. The minimum absolute atomic E-state index is 0.206. The normalized spacial score (nSPS) is 11.5. The summed E-state index contributed by atoms with van der Waals surface area (Å²) in [5, 5.41) is 5.73. The SMILES string of the molecule is Cn1nc(C(F)(F)F)cc1-c1ccc(NC(=O)c2c(F)cncc2F)cc1. The molecule has 5 nitrogen and oxygen atoms in total. The zero-order valence-electron chi connectivity index (χ0n) is 13.7. The lowest BCUT2D eigenvalue weighted by atomic mass is 10.1. The van der Waals surface area contributed by atoms with Crippen molar-refractivity contribution in [3.8, 4) is 11.3 Å². The van der Waals surface area contributed by atoms with E-state index in [9.17, 15) is 26.7 Å². The molecule has 0 unspecified atom stereocenters. The Morgan fingerprint density at radius 1 is 1.07 bits per heavy atom. The van der Waals surface area contributed by atoms with Gasteiger partial charge in [-0.25, -0.2) is 8.78 Å². The number of nitrogens with zero attached hydrogens (tertiary/aromatic N) is 3. The summed E-state index contributed by atoms with van der Waals surface area (Å²) in [6, 6.07) is 6.59. The molecule has 10 heteroatoms. The van der Waals surface area contributed by atoms with E-state index >= 15 is 0 Å². The molecule has 3 rings (SSSR count). The monoisotopic (exact) mass is 382 g/mol. The van der Waals surface area contributed by atoms with Crippen molar-refractivity contribution in [2.75, 3.05) is 5.32 Å². The van der Waals surface area contributed by atoms with E-state index in [4.69, 9.17) is 0 Å². The van der Waals surface area contributed by atoms with Crippen LogP contribution in [0, 0.1) is 11.6 Å². The molecule has 2 heterocycles. The van der Waals surface area contributed by atoms with Gasteiger partial charge in [-0.05, 0) is 23.8 Å². The lowest BCUT2D eigenvalue weighted by Gasteiger charge is -2.08. The molecule has 0 saturated carbocycles. The Kier molecular flexibility index (Phi) is 4.64. The Morgan fingerprint density at radius 2 is 1.67 bits per heavy atom. The zero-order chi connectivity index (χ0) is 19.8. The van der Waals surface area contributed by atoms with Crippen molar-refractivity contribution in [1.82, 2.24) is 14.8 Å². The molecule has 2 aromatic heterocycles. The first-order valence-electron chi connectivity index (χ1n) is 7.49. The summed E-state index contributed by atoms with van der Waals surface area (Å²) >= 11 is 0. The van der Waals surface area contributed by atoms with Crippen LogP contribution in [0.2, 0.25) is 0 Å². The lowest BCUT2D eigenvalue weighted by molar-refractivity contribution is -0.141. The minimum Gasteiger partial charge on any atom is -0.322 e. The van der Waals surface area contributed by atoms with E-state index in [1.807, 2.05) is 0 Å². The number of rotatable bonds is 3. The molecule has 1 amide bonds. The standard InChI is InChI=1S/C17H11F5N4O/c1-26-13(6-14(25-26)17(20,21)22)9-2-4-10(5-3-9)24-16(27)15-11(18)7-23-8-12(15)19/h2-8H,1H3,(H,24,27). The van der Waals surface area contributed by atoms with Gasteiger partial charge in [0, 0.05) is 12.7 Å². The third-order valence-electron chi connectivity index (χ3n) is 3.69. The summed E-state index contributed by atoms with van der Waals surface area (Å²) < 4.78 is 66.4. The number of hydrogen-bond donors (Lipinski definition) is 1. The fourth-order valence-corrected chi connectivity index (χ4v) is 2.42. The molecule has 140 valence electrons. The van der Waals surface area contributed by atoms with Gasteiger partial charge in [-0.3, -0.25) is 14.5 Å². The van der Waals surface area contributed by atoms with Gasteiger partial charge in [0.15, 0.2) is 17.3 Å². The van der Waals surface area contributed by atoms with Gasteiger partial charge in [0.1, 0.15) is 5.56 Å². The fraction of sp³-hybridized carbons (Fsp3) is 0.118. The second-order valence-electron chi connectivity index (χ2n) is 5.55. The number of nitrogens with one attached hydrogen (secondary N) is 1. The molecule has 0 radical (unpaired) electrons. The van der Waals surface area contributed by atoms with Gasteiger partial charge < -0.3 is 5.32 Å². The van der Waals surface area contributed by atoms with Crippen molar-refractivity contribution >= 4 is 11.6 Å². The summed E-state index contributed by atoms with van der Waals surface area (Å²) in [6.07, 6.45) is -3.15. The maximum Gasteiger partial charge on any atom is 0.435 e. The Bertz CT molecular complexity index is 975. The summed E-state index contributed by atoms with van der Waals surface area (Å²) in [5.74, 6) is -3.24. The van der Waals surface area contributed by atoms with Crippen molar-refractivity contribution in [1.29, 1.82) is 0 Å². The third kappa shape index (κ3) is 3.78. The molecule has 0 aliphatic carbocycles. The highest BCUT2D eigenvalue weighted by atomic mass is 19.4. The molecule has 0 saturated heterocycles. The number of halogens is 5. The smallest absolute Gasteiger partial charge is 0.322 e. The number of aryl methyl sites for hydroxylation is 1. The Labute approximate surface area is 149 Å². The van der Waals surface area contributed by atoms with Crippen LogP contribution in [0.4, 0.5) is 27.6 Å². The third-order valence-corrected chi connectivity index (χ3v) is 3.69. The van der Waals surface area contributed by atoms with Crippen molar-refractivity contribution in [3.63, 3.8) is 0 Å². The first-order chi connectivity index (χ1) is 12.7. The van der Waals surface area contributed by atoms with Crippen LogP contribution < -0.4 is 5.32 Å². The van der Waals surface area contributed by atoms with Crippen LogP contribution in [0.5, 0.6) is 0 Å². The number of hydrogen-bond acceptors (Lipinski definition) is 3. The van der Waals surface area contributed by atoms with Crippen LogP contribution in [0.1, 0.15) is 16.1 Å². The number of benzene rings is 1. The molecule has 0 atom stereocenters. The maximum atomic E-state index is 13.6. The Hall–Kier alpha value is -3.30. The average molecular weight is 382 g/mol. The first kappa shape index (κ1) is 18.5. The predicted octanol–water partition coefficient (Wildman–Crippen LogP) is 4.03. The largest absolute Gasteiger partial charge is 0.435 e. The van der Waals surface area contributed by atoms with E-state index in [1.54, 1.807) is 0 Å². The highest BCUT2D eigenvalue weighted by Gasteiger charge is 2.34. The molecule has 27 heavy (non-hydrogen) atoms. The molecule has 0 spiro atoms. The second-order valence-corrected chi connectivity index (χ2v) is 5.55. The highest BCUT2D eigenvalue weighted by molar-refractivity contribution is 6.04. The molecular formula is C17H11F5N4O. The van der Waals surface area contributed by atoms with Gasteiger partial charge in [0.2, 0.25) is 0 Å². The van der Waals surface area contributed by atoms with Crippen molar-refractivity contribution < 1.29 is 26.7 Å². The number of amides is 1. The average Bonchev–Trinajstić information content (AvgIpc) is 2.97. The molecular weight excluding hydrogens is 371 g/mol. The summed E-state index contributed by atoms with van der Waals surface area (Å²) in [5.41, 5.74) is -0.972. The fourth-order valence-electron chi connectivity index (χ4n) is 2.42. The number of pyridine rings is 1. The molecule has 1 N–H and O–H groups in total. The van der Waals surface area contributed by atoms with E-state index in [2.05, 4.69) is 15.4 Å². The number of alkyl halides is 3. The summed E-state index contributed by atoms with van der Waals surface area (Å²) in [7, 11) is 1.37. The molecule has 3 aromatic rings. The summed E-state index contributed by atoms with van der Waals surface area (Å²) in [6.45, 7) is 0. The van der Waals surface area contributed by atoms with Crippen LogP contribution >= 0.6 is 0 Å². The topological polar surface area (TPSA) is 59.8 Å². The van der Waals surface area contributed by atoms with Gasteiger partial charge in [-0.15, -0.1) is 0 Å². The van der Waals surface area contributed by atoms with Gasteiger partial charge in [-0.2, -0.15) is 18.3 Å². The maximum absolute atomic E-state index is 13.6. The minimum atomic E-state index is -4.57. The number of carbonyl (C=O) groups excluding carboxylic acids is 1. The molecule has 0 bridgehead atoms. The first-order valence-corrected chi connectivity index (χ1v) is 7.49. The van der Waals surface area contributed by atoms with E-state index in [0.717, 1.165) is 10.7 Å². The molecule has 0 aliphatic heterocycles. The Morgan fingerprint density at radius 3 is 2.19 bits per heavy atom. The van der Waals surface area contributed by atoms with Crippen molar-refractivity contribution in [2.45, 2.75) is 6.18 Å². The van der Waals surface area contributed by atoms with Crippen LogP contribution in [0.3, 0.4) is 0 Å². The van der Waals surface area contributed by atoms with Gasteiger partial charge in [0.05, 0.1) is 18.1 Å². The van der Waals surface area contributed by atoms with Crippen LogP contribution in [-0.4, -0.2) is 20.7 Å². The van der Waals surface area contributed by atoms with Crippen molar-refractivity contribution in [2.24, 2.45) is 7.05 Å². The van der Waals surface area contributed by atoms with Crippen molar-refractivity contribution in [3.05, 3.63) is 65.6 Å². The quantitative estimate of drug-likeness (QED) is 0.696. The second kappa shape index (κ2) is 6.78. The Balaban J connectivity index is 1.82. The van der Waals surface area contributed by atoms with Gasteiger partial charge in [0.25, 0.3) is 5.91 Å². The molecule has 1 aromatic carbocycles. The van der Waals surface area contributed by atoms with E-state index < -0.39 is 35.0 Å². The number of carbonyl (C=O) groups is 1. The van der Waals surface area contributed by atoms with Crippen LogP contribution in [0.25, 0.3) is 11.3 Å². The highest BCUT2D eigenvalue weighted by Crippen LogP contribution is 2.31. The van der Waals surface area contributed by atoms with E-state index in [0.29, 0.717) is 18.0 Å². The predicted molar refractivity (Wildman–Crippen MR) is 85.8 cm³/mol. The van der Waals surface area contributed by atoms with Gasteiger partial charge in [-0.1, -0.05) is 12.1 Å².